The molecule has 0 aromatic heterocycles. The highest BCUT2D eigenvalue weighted by Crippen LogP contribution is 2.17. The number of hydrogen-bond donors (Lipinski definition) is 1. The summed E-state index contributed by atoms with van der Waals surface area (Å²) < 4.78 is 10.1. The molecule has 1 fully saturated rings. The quantitative estimate of drug-likeness (QED) is 0.524. The van der Waals surface area contributed by atoms with E-state index in [1.165, 1.54) is 0 Å². The van der Waals surface area contributed by atoms with Crippen LogP contribution < -0.4 is 0 Å². The van der Waals surface area contributed by atoms with Crippen molar-refractivity contribution in [2.75, 3.05) is 6.61 Å². The number of cyclic esters (lactones) is 1. The van der Waals surface area contributed by atoms with Crippen LogP contribution in [0.4, 0.5) is 0 Å². The van der Waals surface area contributed by atoms with Crippen LogP contribution in [0, 0.1) is 0 Å². The third-order valence-electron chi connectivity index (χ3n) is 1.86. The van der Waals surface area contributed by atoms with Crippen LogP contribution in [0.1, 0.15) is 33.1 Å². The molecule has 0 radical (unpaired) electrons. The predicted octanol–water partition coefficient (Wildman–Crippen LogP) is 0.827. The van der Waals surface area contributed by atoms with E-state index in [2.05, 4.69) is 0 Å². The first-order chi connectivity index (χ1) is 5.97. The third-order valence-corrected chi connectivity index (χ3v) is 1.86. The van der Waals surface area contributed by atoms with Gasteiger partial charge in [0.1, 0.15) is 6.10 Å². The topological polar surface area (TPSA) is 55.8 Å². The number of ether oxygens (including phenoxy) is 2. The molecule has 0 spiro atoms. The first-order valence-electron chi connectivity index (χ1n) is 4.53. The Morgan fingerprint density at radius 2 is 2.38 bits per heavy atom. The average molecular weight is 188 g/mol. The fraction of sp³-hybridized carbons (Fsp3) is 0.889. The maximum absolute atomic E-state index is 10.7. The van der Waals surface area contributed by atoms with Gasteiger partial charge in [0.2, 0.25) is 0 Å². The zero-order valence-corrected chi connectivity index (χ0v) is 8.08. The molecule has 1 N–H and O–H groups in total. The fourth-order valence-corrected chi connectivity index (χ4v) is 1.23. The van der Waals surface area contributed by atoms with E-state index in [0.717, 1.165) is 6.42 Å². The molecule has 1 heterocycles. The van der Waals surface area contributed by atoms with Gasteiger partial charge in [-0.2, -0.15) is 0 Å². The van der Waals surface area contributed by atoms with Crippen molar-refractivity contribution in [2.24, 2.45) is 0 Å². The summed E-state index contributed by atoms with van der Waals surface area (Å²) in [5.74, 6) is -1.23. The van der Waals surface area contributed by atoms with Gasteiger partial charge in [-0.3, -0.25) is 4.79 Å². The number of hydrogen-bond acceptors (Lipinski definition) is 4. The largest absolute Gasteiger partial charge is 0.462 e. The zero-order valence-electron chi connectivity index (χ0n) is 8.08. The van der Waals surface area contributed by atoms with Gasteiger partial charge in [0.05, 0.1) is 6.61 Å². The molecule has 1 aliphatic rings. The first kappa shape index (κ1) is 10.5. The molecule has 1 rings (SSSR count). The first-order valence-corrected chi connectivity index (χ1v) is 4.53. The summed E-state index contributed by atoms with van der Waals surface area (Å²) in [7, 11) is 0. The summed E-state index contributed by atoms with van der Waals surface area (Å²) >= 11 is 0. The van der Waals surface area contributed by atoms with Crippen LogP contribution in [-0.4, -0.2) is 29.6 Å². The van der Waals surface area contributed by atoms with E-state index in [-0.39, 0.29) is 12.1 Å². The average Bonchev–Trinajstić information content (AvgIpc) is 2.33. The van der Waals surface area contributed by atoms with Crippen LogP contribution in [-0.2, 0) is 14.3 Å². The van der Waals surface area contributed by atoms with Crippen molar-refractivity contribution >= 4 is 5.97 Å². The van der Waals surface area contributed by atoms with Crippen molar-refractivity contribution in [1.29, 1.82) is 0 Å². The van der Waals surface area contributed by atoms with Crippen LogP contribution in [0.15, 0.2) is 0 Å². The number of carbonyl (C=O) groups is 1. The Balaban J connectivity index is 2.10. The lowest BCUT2D eigenvalue weighted by Crippen LogP contribution is -2.25. The normalized spacial score (nSPS) is 23.3. The van der Waals surface area contributed by atoms with Crippen molar-refractivity contribution in [3.63, 3.8) is 0 Å². The van der Waals surface area contributed by atoms with E-state index < -0.39 is 5.79 Å². The minimum atomic E-state index is -1.09. The Morgan fingerprint density at radius 3 is 2.85 bits per heavy atom. The van der Waals surface area contributed by atoms with E-state index in [1.807, 2.05) is 0 Å². The second kappa shape index (κ2) is 4.07. The SMILES string of the molecule is CC(C)(O)OCC[C@H]1CCC(=O)O1. The molecule has 4 nitrogen and oxygen atoms in total. The van der Waals surface area contributed by atoms with Gasteiger partial charge in [-0.1, -0.05) is 0 Å². The van der Waals surface area contributed by atoms with Crippen LogP contribution >= 0.6 is 0 Å². The van der Waals surface area contributed by atoms with Crippen LogP contribution in [0.25, 0.3) is 0 Å². The number of aliphatic hydroxyl groups is 1. The molecule has 1 aliphatic heterocycles. The number of carbonyl (C=O) groups excluding carboxylic acids is 1. The Labute approximate surface area is 77.8 Å². The summed E-state index contributed by atoms with van der Waals surface area (Å²) in [4.78, 5) is 10.7. The van der Waals surface area contributed by atoms with Gasteiger partial charge in [-0.25, -0.2) is 0 Å². The third kappa shape index (κ3) is 4.24. The second-order valence-electron chi connectivity index (χ2n) is 3.73. The van der Waals surface area contributed by atoms with Gasteiger partial charge < -0.3 is 14.6 Å². The van der Waals surface area contributed by atoms with Crippen molar-refractivity contribution in [3.8, 4) is 0 Å². The number of esters is 1. The fourth-order valence-electron chi connectivity index (χ4n) is 1.23. The van der Waals surface area contributed by atoms with E-state index in [9.17, 15) is 9.90 Å². The summed E-state index contributed by atoms with van der Waals surface area (Å²) in [5.41, 5.74) is 0. The van der Waals surface area contributed by atoms with Gasteiger partial charge in [-0.05, 0) is 20.3 Å². The van der Waals surface area contributed by atoms with Crippen LogP contribution in [0.5, 0.6) is 0 Å². The monoisotopic (exact) mass is 188 g/mol. The summed E-state index contributed by atoms with van der Waals surface area (Å²) in [6.45, 7) is 3.57. The minimum Gasteiger partial charge on any atom is -0.462 e. The zero-order chi connectivity index (χ0) is 9.90. The summed E-state index contributed by atoms with van der Waals surface area (Å²) in [6, 6.07) is 0. The molecule has 0 bridgehead atoms. The maximum Gasteiger partial charge on any atom is 0.306 e. The lowest BCUT2D eigenvalue weighted by atomic mass is 10.2. The van der Waals surface area contributed by atoms with E-state index >= 15 is 0 Å². The summed E-state index contributed by atoms with van der Waals surface area (Å²) in [6.07, 6.45) is 1.92. The molecule has 0 aromatic rings. The summed E-state index contributed by atoms with van der Waals surface area (Å²) in [5, 5.41) is 9.21. The van der Waals surface area contributed by atoms with Gasteiger partial charge in [-0.15, -0.1) is 0 Å². The highest BCUT2D eigenvalue weighted by atomic mass is 16.6. The van der Waals surface area contributed by atoms with E-state index in [4.69, 9.17) is 9.47 Å². The van der Waals surface area contributed by atoms with E-state index in [1.54, 1.807) is 13.8 Å². The molecular formula is C9H16O4. The van der Waals surface area contributed by atoms with Crippen LogP contribution in [0.3, 0.4) is 0 Å². The van der Waals surface area contributed by atoms with Gasteiger partial charge in [0, 0.05) is 12.8 Å². The highest BCUT2D eigenvalue weighted by Gasteiger charge is 2.23. The number of rotatable bonds is 4. The molecule has 1 saturated heterocycles. The predicted molar refractivity (Wildman–Crippen MR) is 46.0 cm³/mol. The van der Waals surface area contributed by atoms with Gasteiger partial charge in [0.25, 0.3) is 0 Å². The Hall–Kier alpha value is -0.610. The highest BCUT2D eigenvalue weighted by molar-refractivity contribution is 5.71. The smallest absolute Gasteiger partial charge is 0.306 e. The van der Waals surface area contributed by atoms with Gasteiger partial charge >= 0.3 is 5.97 Å². The molecule has 0 aromatic carbocycles. The molecule has 4 heteroatoms. The van der Waals surface area contributed by atoms with Crippen molar-refractivity contribution in [2.45, 2.75) is 45.0 Å². The minimum absolute atomic E-state index is 0.0187. The van der Waals surface area contributed by atoms with Crippen molar-refractivity contribution in [1.82, 2.24) is 0 Å². The maximum atomic E-state index is 10.7. The molecule has 76 valence electrons. The van der Waals surface area contributed by atoms with Gasteiger partial charge in [0.15, 0.2) is 5.79 Å². The van der Waals surface area contributed by atoms with Crippen molar-refractivity contribution < 1.29 is 19.4 Å². The lowest BCUT2D eigenvalue weighted by molar-refractivity contribution is -0.179. The Bertz CT molecular complexity index is 183. The molecular weight excluding hydrogens is 172 g/mol. The van der Waals surface area contributed by atoms with E-state index in [0.29, 0.717) is 19.4 Å². The molecule has 0 aliphatic carbocycles. The molecule has 0 amide bonds. The standard InChI is InChI=1S/C9H16O4/c1-9(2,11)12-6-5-7-3-4-8(10)13-7/h7,11H,3-6H2,1-2H3/t7-/m1/s1. The Kier molecular flexibility index (Phi) is 3.27. The molecule has 0 saturated carbocycles. The lowest BCUT2D eigenvalue weighted by Gasteiger charge is -2.19. The molecule has 1 atom stereocenters. The Morgan fingerprint density at radius 1 is 1.69 bits per heavy atom. The second-order valence-corrected chi connectivity index (χ2v) is 3.73. The van der Waals surface area contributed by atoms with Crippen molar-refractivity contribution in [3.05, 3.63) is 0 Å². The van der Waals surface area contributed by atoms with Crippen LogP contribution in [0.2, 0.25) is 0 Å². The molecule has 13 heavy (non-hydrogen) atoms. The molecule has 0 unspecified atom stereocenters.